The maximum absolute atomic E-state index is 11.7. The van der Waals surface area contributed by atoms with Crippen LogP contribution in [0.1, 0.15) is 53.4 Å². The molecule has 20 heavy (non-hydrogen) atoms. The second-order valence-corrected chi connectivity index (χ2v) is 6.70. The molecule has 0 bridgehead atoms. The third-order valence-electron chi connectivity index (χ3n) is 3.85. The molecule has 0 aromatic rings. The van der Waals surface area contributed by atoms with Gasteiger partial charge in [-0.3, -0.25) is 10.2 Å². The molecule has 1 aliphatic rings. The third-order valence-corrected chi connectivity index (χ3v) is 3.85. The lowest BCUT2D eigenvalue weighted by atomic mass is 9.71. The molecule has 0 spiro atoms. The predicted molar refractivity (Wildman–Crippen MR) is 82.9 cm³/mol. The quantitative estimate of drug-likeness (QED) is 0.545. The zero-order valence-corrected chi connectivity index (χ0v) is 13.1. The monoisotopic (exact) mass is 280 g/mol. The first kappa shape index (κ1) is 16.5. The molecule has 0 unspecified atom stereocenters. The van der Waals surface area contributed by atoms with Crippen LogP contribution in [0.5, 0.6) is 0 Å². The lowest BCUT2D eigenvalue weighted by Crippen LogP contribution is -2.40. The minimum absolute atomic E-state index is 0.153. The molecule has 0 aliphatic heterocycles. The van der Waals surface area contributed by atoms with Gasteiger partial charge in [0.15, 0.2) is 0 Å². The van der Waals surface area contributed by atoms with Gasteiger partial charge in [0.05, 0.1) is 0 Å². The molecule has 4 N–H and O–H groups in total. The van der Waals surface area contributed by atoms with Gasteiger partial charge >= 0.3 is 0 Å². The van der Waals surface area contributed by atoms with Crippen LogP contribution in [-0.4, -0.2) is 18.2 Å². The molecule has 1 rings (SSSR count). The molecule has 0 aromatic carbocycles. The van der Waals surface area contributed by atoms with Crippen molar-refractivity contribution in [3.63, 3.8) is 0 Å². The fourth-order valence-electron chi connectivity index (χ4n) is 2.58. The Hall–Kier alpha value is -1.52. The second-order valence-electron chi connectivity index (χ2n) is 6.70. The van der Waals surface area contributed by atoms with Gasteiger partial charge < -0.3 is 11.1 Å². The summed E-state index contributed by atoms with van der Waals surface area (Å²) in [5, 5.41) is 6.79. The van der Waals surface area contributed by atoms with E-state index in [-0.39, 0.29) is 11.9 Å². The third kappa shape index (κ3) is 6.08. The molecule has 0 aromatic heterocycles. The maximum atomic E-state index is 11.7. The molecule has 5 nitrogen and oxygen atoms in total. The van der Waals surface area contributed by atoms with Crippen molar-refractivity contribution in [2.45, 2.75) is 59.4 Å². The van der Waals surface area contributed by atoms with E-state index in [1.54, 1.807) is 6.92 Å². The fourth-order valence-corrected chi connectivity index (χ4v) is 2.58. The number of nitrogens with two attached hydrogens (primary N) is 1. The van der Waals surface area contributed by atoms with Gasteiger partial charge in [0, 0.05) is 17.9 Å². The number of allylic oxidation sites excluding steroid dienone is 1. The van der Waals surface area contributed by atoms with Crippen molar-refractivity contribution in [3.8, 4) is 0 Å². The number of amides is 1. The second kappa shape index (κ2) is 7.31. The highest BCUT2D eigenvalue weighted by Gasteiger charge is 2.29. The normalized spacial score (nSPS) is 24.7. The Kier molecular flexibility index (Phi) is 6.05. The van der Waals surface area contributed by atoms with Crippen LogP contribution >= 0.6 is 0 Å². The predicted octanol–water partition coefficient (Wildman–Crippen LogP) is 2.10. The average Bonchev–Trinajstić information content (AvgIpc) is 2.34. The van der Waals surface area contributed by atoms with E-state index < -0.39 is 0 Å². The Morgan fingerprint density at radius 2 is 1.85 bits per heavy atom. The van der Waals surface area contributed by atoms with Gasteiger partial charge in [-0.05, 0) is 43.9 Å². The van der Waals surface area contributed by atoms with Crippen molar-refractivity contribution in [1.82, 2.24) is 10.7 Å². The number of carbonyl (C=O) groups excluding carboxylic acids is 1. The summed E-state index contributed by atoms with van der Waals surface area (Å²) >= 11 is 0. The molecule has 1 amide bonds. The van der Waals surface area contributed by atoms with Gasteiger partial charge in [-0.2, -0.15) is 5.10 Å². The average molecular weight is 280 g/mol. The van der Waals surface area contributed by atoms with E-state index in [9.17, 15) is 4.79 Å². The van der Waals surface area contributed by atoms with Gasteiger partial charge in [-0.25, -0.2) is 0 Å². The minimum Gasteiger partial charge on any atom is -0.401 e. The summed E-state index contributed by atoms with van der Waals surface area (Å²) < 4.78 is 0. The summed E-state index contributed by atoms with van der Waals surface area (Å²) in [7, 11) is 0. The molecule has 1 fully saturated rings. The van der Waals surface area contributed by atoms with Crippen molar-refractivity contribution < 1.29 is 4.79 Å². The van der Waals surface area contributed by atoms with Gasteiger partial charge in [0.1, 0.15) is 6.21 Å². The topological polar surface area (TPSA) is 79.5 Å². The summed E-state index contributed by atoms with van der Waals surface area (Å²) in [5.41, 5.74) is 9.01. The van der Waals surface area contributed by atoms with Crippen molar-refractivity contribution in [2.75, 3.05) is 0 Å². The highest BCUT2D eigenvalue weighted by Crippen LogP contribution is 2.37. The van der Waals surface area contributed by atoms with Crippen molar-refractivity contribution in [1.29, 1.82) is 0 Å². The summed E-state index contributed by atoms with van der Waals surface area (Å²) in [6, 6.07) is 0.277. The molecule has 0 radical (unpaired) electrons. The van der Waals surface area contributed by atoms with Crippen LogP contribution in [0.3, 0.4) is 0 Å². The van der Waals surface area contributed by atoms with Crippen LogP contribution in [0, 0.1) is 11.3 Å². The van der Waals surface area contributed by atoms with Crippen LogP contribution in [0.15, 0.2) is 17.0 Å². The van der Waals surface area contributed by atoms with E-state index in [1.807, 2.05) is 0 Å². The summed E-state index contributed by atoms with van der Waals surface area (Å²) in [6.07, 6.45) is 7.26. The lowest BCUT2D eigenvalue weighted by Gasteiger charge is -2.37. The van der Waals surface area contributed by atoms with E-state index >= 15 is 0 Å². The maximum Gasteiger partial charge on any atom is 0.264 e. The number of nitrogens with one attached hydrogen (secondary N) is 2. The first-order valence-corrected chi connectivity index (χ1v) is 7.30. The van der Waals surface area contributed by atoms with E-state index in [0.29, 0.717) is 11.1 Å². The summed E-state index contributed by atoms with van der Waals surface area (Å²) in [6.45, 7) is 8.63. The summed E-state index contributed by atoms with van der Waals surface area (Å²) in [4.78, 5) is 11.7. The first-order valence-electron chi connectivity index (χ1n) is 7.30. The standard InChI is InChI=1S/C15H28N4O/c1-11(16)9-17-18-10-14(20)19-13-7-5-12(6-8-13)15(2,3)4/h9-10,12-13,17H,5-8,16H2,1-4H3,(H,19,20)/b11-9+,18-10+. The first-order chi connectivity index (χ1) is 9.29. The zero-order valence-electron chi connectivity index (χ0n) is 13.1. The molecule has 0 saturated heterocycles. The van der Waals surface area contributed by atoms with Crippen molar-refractivity contribution in [3.05, 3.63) is 11.9 Å². The zero-order chi connectivity index (χ0) is 15.2. The highest BCUT2D eigenvalue weighted by molar-refractivity contribution is 6.26. The van der Waals surface area contributed by atoms with Crippen LogP contribution in [-0.2, 0) is 4.79 Å². The molecule has 0 heterocycles. The van der Waals surface area contributed by atoms with Gasteiger partial charge in [-0.15, -0.1) is 0 Å². The van der Waals surface area contributed by atoms with Crippen molar-refractivity contribution >= 4 is 12.1 Å². The SMILES string of the molecule is C/C(N)=C\N/N=C/C(=O)NC1CCC(C(C)(C)C)CC1. The Labute approximate surface area is 122 Å². The number of hydrazone groups is 1. The largest absolute Gasteiger partial charge is 0.401 e. The van der Waals surface area contributed by atoms with Crippen LogP contribution in [0.2, 0.25) is 0 Å². The van der Waals surface area contributed by atoms with E-state index in [2.05, 4.69) is 36.6 Å². The Morgan fingerprint density at radius 1 is 1.25 bits per heavy atom. The fraction of sp³-hybridized carbons (Fsp3) is 0.733. The van der Waals surface area contributed by atoms with Crippen LogP contribution in [0.25, 0.3) is 0 Å². The summed E-state index contributed by atoms with van der Waals surface area (Å²) in [5.74, 6) is 0.600. The van der Waals surface area contributed by atoms with E-state index in [0.717, 1.165) is 18.8 Å². The van der Waals surface area contributed by atoms with Crippen LogP contribution < -0.4 is 16.5 Å². The van der Waals surface area contributed by atoms with Gasteiger partial charge in [-0.1, -0.05) is 20.8 Å². The number of carbonyl (C=O) groups is 1. The molecule has 114 valence electrons. The Morgan fingerprint density at radius 3 is 2.35 bits per heavy atom. The van der Waals surface area contributed by atoms with E-state index in [4.69, 9.17) is 5.73 Å². The Bertz CT molecular complexity index is 370. The number of hydrogen-bond acceptors (Lipinski definition) is 4. The van der Waals surface area contributed by atoms with Crippen molar-refractivity contribution in [2.24, 2.45) is 22.2 Å². The molecule has 1 aliphatic carbocycles. The molecular formula is C15H28N4O. The lowest BCUT2D eigenvalue weighted by molar-refractivity contribution is -0.115. The smallest absolute Gasteiger partial charge is 0.264 e. The van der Waals surface area contributed by atoms with Gasteiger partial charge in [0.2, 0.25) is 0 Å². The molecular weight excluding hydrogens is 252 g/mol. The number of hydrogen-bond donors (Lipinski definition) is 3. The number of rotatable bonds is 4. The van der Waals surface area contributed by atoms with Crippen LogP contribution in [0.4, 0.5) is 0 Å². The molecule has 1 saturated carbocycles. The number of nitrogens with zero attached hydrogens (tertiary/aromatic N) is 1. The minimum atomic E-state index is -0.153. The highest BCUT2D eigenvalue weighted by atomic mass is 16.1. The molecule has 5 heteroatoms. The molecule has 0 atom stereocenters. The van der Waals surface area contributed by atoms with Gasteiger partial charge in [0.25, 0.3) is 5.91 Å². The Balaban J connectivity index is 2.30. The van der Waals surface area contributed by atoms with E-state index in [1.165, 1.54) is 25.3 Å².